The average molecular weight is 282 g/mol. The number of hydrogen-bond donors (Lipinski definition) is 3. The number of hydrogen-bond acceptors (Lipinski definition) is 3. The van der Waals surface area contributed by atoms with E-state index in [9.17, 15) is 24.9 Å². The Bertz CT molecular complexity index is 494. The molecule has 4 atom stereocenters. The number of aliphatic hydroxyl groups is 1. The average Bonchev–Trinajstić information content (AvgIpc) is 2.32. The first-order valence-electron chi connectivity index (χ1n) is 7.00. The Morgan fingerprint density at radius 1 is 1.20 bits per heavy atom. The number of aliphatic hydroxyl groups excluding tert-OH is 1. The van der Waals surface area contributed by atoms with Crippen molar-refractivity contribution in [1.82, 2.24) is 0 Å². The van der Waals surface area contributed by atoms with Crippen molar-refractivity contribution in [1.29, 1.82) is 0 Å². The molecule has 1 saturated carbocycles. The fraction of sp³-hybridized carbons (Fsp3) is 0.733. The van der Waals surface area contributed by atoms with E-state index >= 15 is 0 Å². The molecule has 5 nitrogen and oxygen atoms in total. The lowest BCUT2D eigenvalue weighted by Crippen LogP contribution is -2.53. The van der Waals surface area contributed by atoms with E-state index in [2.05, 4.69) is 0 Å². The largest absolute Gasteiger partial charge is 0.481 e. The number of carbonyl (C=O) groups is 2. The van der Waals surface area contributed by atoms with Crippen LogP contribution in [0.25, 0.3) is 0 Å². The maximum absolute atomic E-state index is 11.7. The lowest BCUT2D eigenvalue weighted by atomic mass is 9.49. The van der Waals surface area contributed by atoms with E-state index in [-0.39, 0.29) is 11.5 Å². The summed E-state index contributed by atoms with van der Waals surface area (Å²) < 4.78 is 0. The van der Waals surface area contributed by atoms with Crippen LogP contribution in [0.4, 0.5) is 0 Å². The van der Waals surface area contributed by atoms with Gasteiger partial charge in [-0.25, -0.2) is 4.79 Å². The van der Waals surface area contributed by atoms with E-state index in [1.807, 2.05) is 6.92 Å². The summed E-state index contributed by atoms with van der Waals surface area (Å²) in [6.07, 6.45) is 1.33. The van der Waals surface area contributed by atoms with Crippen LogP contribution in [-0.4, -0.2) is 33.4 Å². The first-order chi connectivity index (χ1) is 9.14. The first-order valence-corrected chi connectivity index (χ1v) is 7.00. The summed E-state index contributed by atoms with van der Waals surface area (Å²) in [4.78, 5) is 23.3. The number of carboxylic acid groups (broad SMARTS) is 2. The highest BCUT2D eigenvalue weighted by Crippen LogP contribution is 2.59. The summed E-state index contributed by atoms with van der Waals surface area (Å²) in [5.41, 5.74) is -0.963. The van der Waals surface area contributed by atoms with Gasteiger partial charge in [-0.15, -0.1) is 0 Å². The van der Waals surface area contributed by atoms with Crippen molar-refractivity contribution in [2.75, 3.05) is 0 Å². The molecule has 0 amide bonds. The molecule has 0 aromatic rings. The van der Waals surface area contributed by atoms with Gasteiger partial charge >= 0.3 is 11.9 Å². The summed E-state index contributed by atoms with van der Waals surface area (Å²) in [6, 6.07) is 0. The Morgan fingerprint density at radius 2 is 1.80 bits per heavy atom. The summed E-state index contributed by atoms with van der Waals surface area (Å²) in [5.74, 6) is -2.29. The number of carboxylic acids is 2. The molecule has 0 bridgehead atoms. The predicted octanol–water partition coefficient (Wildman–Crippen LogP) is 2.05. The van der Waals surface area contributed by atoms with Crippen molar-refractivity contribution in [2.45, 2.75) is 52.6 Å². The van der Waals surface area contributed by atoms with Crippen LogP contribution in [0.2, 0.25) is 0 Å². The second-order valence-electron chi connectivity index (χ2n) is 6.66. The maximum atomic E-state index is 11.7. The molecule has 2 aliphatic rings. The summed E-state index contributed by atoms with van der Waals surface area (Å²) in [5, 5.41) is 29.3. The van der Waals surface area contributed by atoms with E-state index in [1.54, 1.807) is 13.8 Å². The monoisotopic (exact) mass is 282 g/mol. The van der Waals surface area contributed by atoms with E-state index in [4.69, 9.17) is 0 Å². The van der Waals surface area contributed by atoms with Crippen molar-refractivity contribution in [3.05, 3.63) is 11.1 Å². The van der Waals surface area contributed by atoms with Crippen molar-refractivity contribution in [3.8, 4) is 0 Å². The molecule has 0 saturated heterocycles. The Kier molecular flexibility index (Phi) is 3.45. The third kappa shape index (κ3) is 1.87. The summed E-state index contributed by atoms with van der Waals surface area (Å²) >= 11 is 0. The normalized spacial score (nSPS) is 41.2. The molecule has 20 heavy (non-hydrogen) atoms. The molecular weight excluding hydrogens is 260 g/mol. The van der Waals surface area contributed by atoms with Crippen LogP contribution < -0.4 is 0 Å². The molecule has 1 fully saturated rings. The molecule has 0 radical (unpaired) electrons. The zero-order valence-corrected chi connectivity index (χ0v) is 12.1. The molecule has 2 rings (SSSR count). The Balaban J connectivity index is 2.61. The van der Waals surface area contributed by atoms with Crippen LogP contribution in [0.1, 0.15) is 46.5 Å². The quantitative estimate of drug-likeness (QED) is 0.720. The van der Waals surface area contributed by atoms with Crippen LogP contribution in [0.15, 0.2) is 11.1 Å². The highest BCUT2D eigenvalue weighted by Gasteiger charge is 2.58. The molecule has 2 aliphatic carbocycles. The second kappa shape index (κ2) is 4.58. The lowest BCUT2D eigenvalue weighted by Gasteiger charge is -2.54. The third-order valence-electron chi connectivity index (χ3n) is 5.56. The summed E-state index contributed by atoms with van der Waals surface area (Å²) in [7, 11) is 0. The molecule has 0 aromatic carbocycles. The van der Waals surface area contributed by atoms with Crippen LogP contribution in [0.3, 0.4) is 0 Å². The molecule has 0 aromatic heterocycles. The van der Waals surface area contributed by atoms with Gasteiger partial charge in [-0.05, 0) is 44.6 Å². The van der Waals surface area contributed by atoms with Gasteiger partial charge in [0, 0.05) is 11.0 Å². The Labute approximate surface area is 118 Å². The lowest BCUT2D eigenvalue weighted by molar-refractivity contribution is -0.162. The first kappa shape index (κ1) is 15.0. The van der Waals surface area contributed by atoms with Gasteiger partial charge in [0.1, 0.15) is 0 Å². The van der Waals surface area contributed by atoms with E-state index < -0.39 is 28.9 Å². The van der Waals surface area contributed by atoms with Gasteiger partial charge in [-0.2, -0.15) is 0 Å². The zero-order valence-electron chi connectivity index (χ0n) is 12.1. The second-order valence-corrected chi connectivity index (χ2v) is 6.66. The number of fused-ring (bicyclic) bond motifs is 1. The standard InChI is InChI=1S/C15H22O5/c1-8-9(16)7-10-14(2,11(8)12(17)18)5-4-6-15(10,3)13(19)20/h9-10,16H,4-7H2,1-3H3,(H,17,18)(H,19,20)/t9-,10+,14-,15-/m0/s1. The van der Waals surface area contributed by atoms with Gasteiger partial charge in [0.05, 0.1) is 11.5 Å². The molecule has 112 valence electrons. The number of rotatable bonds is 2. The highest BCUT2D eigenvalue weighted by molar-refractivity contribution is 5.90. The fourth-order valence-corrected chi connectivity index (χ4v) is 4.38. The minimum Gasteiger partial charge on any atom is -0.481 e. The van der Waals surface area contributed by atoms with E-state index in [0.717, 1.165) is 0 Å². The zero-order chi connectivity index (χ0) is 15.3. The Hall–Kier alpha value is -1.36. The minimum atomic E-state index is -1.04. The molecular formula is C15H22O5. The van der Waals surface area contributed by atoms with Gasteiger partial charge < -0.3 is 15.3 Å². The van der Waals surface area contributed by atoms with Crippen molar-refractivity contribution < 1.29 is 24.9 Å². The van der Waals surface area contributed by atoms with E-state index in [1.165, 1.54) is 0 Å². The van der Waals surface area contributed by atoms with Gasteiger partial charge in [0.2, 0.25) is 0 Å². The van der Waals surface area contributed by atoms with Gasteiger partial charge in [-0.3, -0.25) is 4.79 Å². The van der Waals surface area contributed by atoms with Gasteiger partial charge in [0.25, 0.3) is 0 Å². The molecule has 0 unspecified atom stereocenters. The molecule has 0 heterocycles. The maximum Gasteiger partial charge on any atom is 0.332 e. The van der Waals surface area contributed by atoms with Crippen LogP contribution in [0.5, 0.6) is 0 Å². The topological polar surface area (TPSA) is 94.8 Å². The third-order valence-corrected chi connectivity index (χ3v) is 5.56. The summed E-state index contributed by atoms with van der Waals surface area (Å²) in [6.45, 7) is 5.17. The predicted molar refractivity (Wildman–Crippen MR) is 72.2 cm³/mol. The van der Waals surface area contributed by atoms with E-state index in [0.29, 0.717) is 31.3 Å². The SMILES string of the molecule is CC1=C(C(=O)O)[C@@]2(C)CCC[C@](C)(C(=O)O)[C@@H]2C[C@@H]1O. The van der Waals surface area contributed by atoms with Gasteiger partial charge in [-0.1, -0.05) is 13.3 Å². The Morgan fingerprint density at radius 3 is 2.30 bits per heavy atom. The minimum absolute atomic E-state index is 0.216. The molecule has 0 spiro atoms. The van der Waals surface area contributed by atoms with Crippen LogP contribution in [0, 0.1) is 16.7 Å². The number of aliphatic carboxylic acids is 2. The highest BCUT2D eigenvalue weighted by atomic mass is 16.4. The van der Waals surface area contributed by atoms with Crippen LogP contribution in [-0.2, 0) is 9.59 Å². The smallest absolute Gasteiger partial charge is 0.332 e. The molecule has 3 N–H and O–H groups in total. The van der Waals surface area contributed by atoms with Crippen molar-refractivity contribution >= 4 is 11.9 Å². The molecule has 0 aliphatic heterocycles. The van der Waals surface area contributed by atoms with Crippen molar-refractivity contribution in [2.24, 2.45) is 16.7 Å². The van der Waals surface area contributed by atoms with Gasteiger partial charge in [0.15, 0.2) is 0 Å². The fourth-order valence-electron chi connectivity index (χ4n) is 4.38. The van der Waals surface area contributed by atoms with Crippen molar-refractivity contribution in [3.63, 3.8) is 0 Å². The van der Waals surface area contributed by atoms with Crippen LogP contribution >= 0.6 is 0 Å². The molecule has 5 heteroatoms.